The van der Waals surface area contributed by atoms with E-state index in [0.717, 1.165) is 4.47 Å². The fourth-order valence-electron chi connectivity index (χ4n) is 0.611. The second-order valence-electron chi connectivity index (χ2n) is 2.34. The summed E-state index contributed by atoms with van der Waals surface area (Å²) in [6.45, 7) is 3.91. The van der Waals surface area contributed by atoms with Gasteiger partial charge in [0.05, 0.1) is 10.6 Å². The van der Waals surface area contributed by atoms with E-state index in [-0.39, 0.29) is 6.10 Å². The first-order chi connectivity index (χ1) is 5.20. The summed E-state index contributed by atoms with van der Waals surface area (Å²) in [5.74, 6) is 0.593. The minimum Gasteiger partial charge on any atom is -0.474 e. The molecular formula is C7H9BrN2O. The van der Waals surface area contributed by atoms with Crippen molar-refractivity contribution < 1.29 is 4.74 Å². The molecular weight excluding hydrogens is 208 g/mol. The summed E-state index contributed by atoms with van der Waals surface area (Å²) < 4.78 is 6.13. The molecule has 4 heteroatoms. The van der Waals surface area contributed by atoms with E-state index in [2.05, 4.69) is 25.9 Å². The van der Waals surface area contributed by atoms with E-state index in [4.69, 9.17) is 4.74 Å². The van der Waals surface area contributed by atoms with Gasteiger partial charge in [0.1, 0.15) is 6.33 Å². The molecule has 0 aliphatic rings. The number of nitrogens with zero attached hydrogens (tertiary/aromatic N) is 2. The minimum atomic E-state index is 0.140. The Balaban J connectivity index is 2.78. The Morgan fingerprint density at radius 3 is 2.82 bits per heavy atom. The highest BCUT2D eigenvalue weighted by Crippen LogP contribution is 2.20. The van der Waals surface area contributed by atoms with E-state index in [1.807, 2.05) is 13.8 Å². The topological polar surface area (TPSA) is 35.0 Å². The summed E-state index contributed by atoms with van der Waals surface area (Å²) in [6, 6.07) is 0. The predicted octanol–water partition coefficient (Wildman–Crippen LogP) is 2.03. The maximum atomic E-state index is 5.35. The normalized spacial score (nSPS) is 10.2. The summed E-state index contributed by atoms with van der Waals surface area (Å²) in [5.41, 5.74) is 0. The third-order valence-corrected chi connectivity index (χ3v) is 1.53. The Hall–Kier alpha value is -0.640. The molecule has 0 radical (unpaired) electrons. The van der Waals surface area contributed by atoms with Gasteiger partial charge in [-0.05, 0) is 29.8 Å². The van der Waals surface area contributed by atoms with Crippen LogP contribution >= 0.6 is 15.9 Å². The van der Waals surface area contributed by atoms with Crippen LogP contribution in [0.2, 0.25) is 0 Å². The monoisotopic (exact) mass is 216 g/mol. The Morgan fingerprint density at radius 2 is 2.27 bits per heavy atom. The van der Waals surface area contributed by atoms with Gasteiger partial charge in [-0.2, -0.15) is 0 Å². The van der Waals surface area contributed by atoms with Gasteiger partial charge in [0.2, 0.25) is 5.88 Å². The van der Waals surface area contributed by atoms with Crippen molar-refractivity contribution in [2.45, 2.75) is 20.0 Å². The molecule has 0 amide bonds. The second kappa shape index (κ2) is 3.67. The Kier molecular flexibility index (Phi) is 2.82. The van der Waals surface area contributed by atoms with Crippen LogP contribution in [-0.4, -0.2) is 16.1 Å². The molecule has 0 saturated heterocycles. The fourth-order valence-corrected chi connectivity index (χ4v) is 0.925. The molecule has 0 N–H and O–H groups in total. The standard InChI is InChI=1S/C7H9BrN2O/c1-5(2)11-7-6(8)3-9-4-10-7/h3-5H,1-2H3. The van der Waals surface area contributed by atoms with Gasteiger partial charge in [-0.25, -0.2) is 9.97 Å². The summed E-state index contributed by atoms with van der Waals surface area (Å²) in [6.07, 6.45) is 3.26. The molecule has 0 spiro atoms. The van der Waals surface area contributed by atoms with Gasteiger partial charge in [-0.1, -0.05) is 0 Å². The van der Waals surface area contributed by atoms with Gasteiger partial charge >= 0.3 is 0 Å². The van der Waals surface area contributed by atoms with Gasteiger partial charge < -0.3 is 4.74 Å². The van der Waals surface area contributed by atoms with Crippen molar-refractivity contribution in [1.29, 1.82) is 0 Å². The first-order valence-electron chi connectivity index (χ1n) is 3.32. The van der Waals surface area contributed by atoms with Crippen molar-refractivity contribution >= 4 is 15.9 Å². The largest absolute Gasteiger partial charge is 0.474 e. The van der Waals surface area contributed by atoms with Gasteiger partial charge in [-0.15, -0.1) is 0 Å². The van der Waals surface area contributed by atoms with E-state index < -0.39 is 0 Å². The zero-order chi connectivity index (χ0) is 8.27. The maximum absolute atomic E-state index is 5.35. The van der Waals surface area contributed by atoms with Crippen molar-refractivity contribution in [3.05, 3.63) is 17.0 Å². The summed E-state index contributed by atoms with van der Waals surface area (Å²) in [7, 11) is 0. The summed E-state index contributed by atoms with van der Waals surface area (Å²) in [5, 5.41) is 0. The smallest absolute Gasteiger partial charge is 0.231 e. The third-order valence-electron chi connectivity index (χ3n) is 0.981. The molecule has 0 aliphatic heterocycles. The highest BCUT2D eigenvalue weighted by Gasteiger charge is 2.02. The number of hydrogen-bond donors (Lipinski definition) is 0. The van der Waals surface area contributed by atoms with Crippen LogP contribution in [0, 0.1) is 0 Å². The maximum Gasteiger partial charge on any atom is 0.231 e. The molecule has 1 rings (SSSR count). The first kappa shape index (κ1) is 8.46. The minimum absolute atomic E-state index is 0.140. The number of halogens is 1. The Bertz CT molecular complexity index is 240. The van der Waals surface area contributed by atoms with E-state index in [1.165, 1.54) is 6.33 Å². The van der Waals surface area contributed by atoms with Crippen molar-refractivity contribution in [2.24, 2.45) is 0 Å². The molecule has 0 unspecified atom stereocenters. The first-order valence-corrected chi connectivity index (χ1v) is 4.11. The van der Waals surface area contributed by atoms with Crippen LogP contribution in [0.25, 0.3) is 0 Å². The third kappa shape index (κ3) is 2.46. The molecule has 1 aromatic heterocycles. The Morgan fingerprint density at radius 1 is 1.55 bits per heavy atom. The van der Waals surface area contributed by atoms with Gasteiger partial charge in [-0.3, -0.25) is 0 Å². The van der Waals surface area contributed by atoms with Crippen molar-refractivity contribution in [3.8, 4) is 5.88 Å². The van der Waals surface area contributed by atoms with Gasteiger partial charge in [0, 0.05) is 6.20 Å². The SMILES string of the molecule is CC(C)Oc1ncncc1Br. The quantitative estimate of drug-likeness (QED) is 0.760. The lowest BCUT2D eigenvalue weighted by Crippen LogP contribution is -2.07. The van der Waals surface area contributed by atoms with Crippen LogP contribution in [0.15, 0.2) is 17.0 Å². The molecule has 0 aliphatic carbocycles. The fraction of sp³-hybridized carbons (Fsp3) is 0.429. The second-order valence-corrected chi connectivity index (χ2v) is 3.20. The number of ether oxygens (including phenoxy) is 1. The highest BCUT2D eigenvalue weighted by molar-refractivity contribution is 9.10. The lowest BCUT2D eigenvalue weighted by molar-refractivity contribution is 0.230. The van der Waals surface area contributed by atoms with Crippen LogP contribution in [0.1, 0.15) is 13.8 Å². The molecule has 11 heavy (non-hydrogen) atoms. The average molecular weight is 217 g/mol. The van der Waals surface area contributed by atoms with Crippen molar-refractivity contribution in [1.82, 2.24) is 9.97 Å². The van der Waals surface area contributed by atoms with Crippen molar-refractivity contribution in [2.75, 3.05) is 0 Å². The average Bonchev–Trinajstić information content (AvgIpc) is 1.93. The molecule has 60 valence electrons. The van der Waals surface area contributed by atoms with E-state index in [9.17, 15) is 0 Å². The van der Waals surface area contributed by atoms with E-state index in [0.29, 0.717) is 5.88 Å². The molecule has 0 fully saturated rings. The van der Waals surface area contributed by atoms with Crippen LogP contribution in [0.5, 0.6) is 5.88 Å². The number of hydrogen-bond acceptors (Lipinski definition) is 3. The van der Waals surface area contributed by atoms with E-state index >= 15 is 0 Å². The lowest BCUT2D eigenvalue weighted by atomic mass is 10.5. The molecule has 3 nitrogen and oxygen atoms in total. The summed E-state index contributed by atoms with van der Waals surface area (Å²) >= 11 is 3.27. The van der Waals surface area contributed by atoms with Crippen LogP contribution < -0.4 is 4.74 Å². The number of aromatic nitrogens is 2. The van der Waals surface area contributed by atoms with Crippen LogP contribution in [0.4, 0.5) is 0 Å². The van der Waals surface area contributed by atoms with Crippen LogP contribution in [0.3, 0.4) is 0 Å². The molecule has 0 atom stereocenters. The molecule has 1 heterocycles. The molecule has 0 saturated carbocycles. The molecule has 1 aromatic rings. The van der Waals surface area contributed by atoms with Crippen LogP contribution in [-0.2, 0) is 0 Å². The summed E-state index contributed by atoms with van der Waals surface area (Å²) in [4.78, 5) is 7.75. The van der Waals surface area contributed by atoms with Gasteiger partial charge in [0.25, 0.3) is 0 Å². The van der Waals surface area contributed by atoms with E-state index in [1.54, 1.807) is 6.20 Å². The number of rotatable bonds is 2. The predicted molar refractivity (Wildman–Crippen MR) is 45.5 cm³/mol. The molecule has 0 aromatic carbocycles. The lowest BCUT2D eigenvalue weighted by Gasteiger charge is -2.08. The van der Waals surface area contributed by atoms with Gasteiger partial charge in [0.15, 0.2) is 0 Å². The zero-order valence-corrected chi connectivity index (χ0v) is 8.00. The molecule has 0 bridgehead atoms. The highest BCUT2D eigenvalue weighted by atomic mass is 79.9. The Labute approximate surface area is 73.9 Å². The van der Waals surface area contributed by atoms with Crippen molar-refractivity contribution in [3.63, 3.8) is 0 Å². The zero-order valence-electron chi connectivity index (χ0n) is 6.41.